The minimum Gasteiger partial charge on any atom is -0.378 e. The van der Waals surface area contributed by atoms with Crippen LogP contribution in [-0.2, 0) is 9.47 Å². The number of ether oxygens (including phenoxy) is 2. The molecular formula is C15H25N3O3S. The van der Waals surface area contributed by atoms with Crippen LogP contribution in [0.3, 0.4) is 0 Å². The molecule has 1 saturated heterocycles. The first-order valence-corrected chi connectivity index (χ1v) is 8.97. The van der Waals surface area contributed by atoms with Gasteiger partial charge in [-0.2, -0.15) is 4.98 Å². The largest absolute Gasteiger partial charge is 0.378 e. The summed E-state index contributed by atoms with van der Waals surface area (Å²) in [5.41, 5.74) is -0.286. The van der Waals surface area contributed by atoms with Crippen molar-refractivity contribution in [1.82, 2.24) is 9.55 Å². The van der Waals surface area contributed by atoms with E-state index in [1.807, 2.05) is 6.07 Å². The number of anilines is 1. The van der Waals surface area contributed by atoms with E-state index in [1.165, 1.54) is 0 Å². The van der Waals surface area contributed by atoms with Crippen LogP contribution >= 0.6 is 11.8 Å². The molecule has 0 saturated carbocycles. The summed E-state index contributed by atoms with van der Waals surface area (Å²) >= 11 is 1.68. The number of aromatic nitrogens is 2. The first kappa shape index (κ1) is 17.3. The lowest BCUT2D eigenvalue weighted by Crippen LogP contribution is -2.29. The third-order valence-electron chi connectivity index (χ3n) is 3.33. The monoisotopic (exact) mass is 327 g/mol. The number of nitrogens with one attached hydrogen (secondary N) is 1. The minimum atomic E-state index is -0.278. The van der Waals surface area contributed by atoms with E-state index in [0.29, 0.717) is 12.4 Å². The van der Waals surface area contributed by atoms with Gasteiger partial charge in [-0.15, -0.1) is 11.8 Å². The van der Waals surface area contributed by atoms with Crippen molar-refractivity contribution in [3.63, 3.8) is 0 Å². The molecule has 1 aromatic heterocycles. The molecule has 0 unspecified atom stereocenters. The normalized spacial score (nSPS) is 21.2. The SMILES string of the molecule is CCCCOC[C@H]1O[C@@H](n2ccc(NCCC)nc2=O)CS1. The van der Waals surface area contributed by atoms with E-state index in [9.17, 15) is 4.79 Å². The highest BCUT2D eigenvalue weighted by molar-refractivity contribution is 8.00. The van der Waals surface area contributed by atoms with Gasteiger partial charge in [-0.05, 0) is 18.9 Å². The molecule has 1 N–H and O–H groups in total. The molecule has 2 heterocycles. The van der Waals surface area contributed by atoms with Crippen LogP contribution in [0.2, 0.25) is 0 Å². The van der Waals surface area contributed by atoms with Crippen molar-refractivity contribution in [1.29, 1.82) is 0 Å². The number of nitrogens with zero attached hydrogens (tertiary/aromatic N) is 2. The lowest BCUT2D eigenvalue weighted by atomic mass is 10.4. The summed E-state index contributed by atoms with van der Waals surface area (Å²) in [5, 5.41) is 3.11. The van der Waals surface area contributed by atoms with E-state index in [0.717, 1.165) is 38.2 Å². The highest BCUT2D eigenvalue weighted by Gasteiger charge is 2.28. The Hall–Kier alpha value is -1.05. The topological polar surface area (TPSA) is 65.4 Å². The van der Waals surface area contributed by atoms with E-state index in [-0.39, 0.29) is 17.4 Å². The van der Waals surface area contributed by atoms with Gasteiger partial charge in [-0.1, -0.05) is 20.3 Å². The minimum absolute atomic E-state index is 0.00773. The molecule has 124 valence electrons. The van der Waals surface area contributed by atoms with Crippen molar-refractivity contribution in [2.45, 2.75) is 44.8 Å². The standard InChI is InChI=1S/C15H25N3O3S/c1-3-5-9-20-10-14-21-13(11-22-14)18-8-6-12(16-7-4-2)17-15(18)19/h6,8,13-14H,3-5,7,9-11H2,1-2H3,(H,16,17,19)/t13-,14+/m1/s1. The highest BCUT2D eigenvalue weighted by atomic mass is 32.2. The molecule has 0 aromatic carbocycles. The second-order valence-corrected chi connectivity index (χ2v) is 6.40. The van der Waals surface area contributed by atoms with Gasteiger partial charge in [0.1, 0.15) is 17.5 Å². The summed E-state index contributed by atoms with van der Waals surface area (Å²) in [6.45, 7) is 6.35. The van der Waals surface area contributed by atoms with Crippen LogP contribution in [-0.4, -0.2) is 40.5 Å². The summed E-state index contributed by atoms with van der Waals surface area (Å²) in [4.78, 5) is 16.1. The van der Waals surface area contributed by atoms with Crippen molar-refractivity contribution >= 4 is 17.6 Å². The van der Waals surface area contributed by atoms with Crippen LogP contribution in [0.1, 0.15) is 39.3 Å². The van der Waals surface area contributed by atoms with Gasteiger partial charge in [0.15, 0.2) is 0 Å². The molecule has 22 heavy (non-hydrogen) atoms. The predicted molar refractivity (Wildman–Crippen MR) is 89.4 cm³/mol. The van der Waals surface area contributed by atoms with Gasteiger partial charge in [-0.25, -0.2) is 4.79 Å². The highest BCUT2D eigenvalue weighted by Crippen LogP contribution is 2.31. The van der Waals surface area contributed by atoms with E-state index in [1.54, 1.807) is 22.5 Å². The van der Waals surface area contributed by atoms with Gasteiger partial charge in [0.05, 0.1) is 6.61 Å². The number of hydrogen-bond donors (Lipinski definition) is 1. The zero-order valence-electron chi connectivity index (χ0n) is 13.3. The Morgan fingerprint density at radius 1 is 1.50 bits per heavy atom. The van der Waals surface area contributed by atoms with Gasteiger partial charge in [0, 0.05) is 25.1 Å². The molecule has 0 spiro atoms. The molecule has 0 amide bonds. The molecule has 6 nitrogen and oxygen atoms in total. The zero-order valence-corrected chi connectivity index (χ0v) is 14.1. The van der Waals surface area contributed by atoms with Gasteiger partial charge in [0.2, 0.25) is 0 Å². The molecule has 0 radical (unpaired) electrons. The second-order valence-electron chi connectivity index (χ2n) is 5.21. The van der Waals surface area contributed by atoms with Crippen molar-refractivity contribution in [2.75, 3.05) is 30.8 Å². The molecule has 2 atom stereocenters. The molecule has 2 rings (SSSR count). The molecule has 1 aliphatic rings. The molecule has 0 bridgehead atoms. The third kappa shape index (κ3) is 5.00. The molecule has 1 aliphatic heterocycles. The quantitative estimate of drug-likeness (QED) is 0.703. The predicted octanol–water partition coefficient (Wildman–Crippen LogP) is 2.47. The Balaban J connectivity index is 1.86. The zero-order chi connectivity index (χ0) is 15.8. The molecule has 1 aromatic rings. The first-order chi connectivity index (χ1) is 10.7. The average molecular weight is 327 g/mol. The fourth-order valence-corrected chi connectivity index (χ4v) is 3.10. The van der Waals surface area contributed by atoms with Crippen LogP contribution in [0.5, 0.6) is 0 Å². The lowest BCUT2D eigenvalue weighted by molar-refractivity contribution is -0.0250. The fourth-order valence-electron chi connectivity index (χ4n) is 2.09. The summed E-state index contributed by atoms with van der Waals surface area (Å²) in [6.07, 6.45) is 4.67. The number of thioether (sulfide) groups is 1. The van der Waals surface area contributed by atoms with E-state index in [2.05, 4.69) is 24.1 Å². The van der Waals surface area contributed by atoms with Crippen molar-refractivity contribution in [3.8, 4) is 0 Å². The van der Waals surface area contributed by atoms with Crippen LogP contribution in [0.25, 0.3) is 0 Å². The maximum atomic E-state index is 12.1. The molecule has 0 aliphatic carbocycles. The summed E-state index contributed by atoms with van der Waals surface area (Å²) in [7, 11) is 0. The Kier molecular flexibility index (Phi) is 7.21. The van der Waals surface area contributed by atoms with Gasteiger partial charge >= 0.3 is 5.69 Å². The van der Waals surface area contributed by atoms with Gasteiger partial charge in [0.25, 0.3) is 0 Å². The number of unbranched alkanes of at least 4 members (excludes halogenated alkanes) is 1. The first-order valence-electron chi connectivity index (χ1n) is 7.92. The second kappa shape index (κ2) is 9.17. The van der Waals surface area contributed by atoms with E-state index >= 15 is 0 Å². The third-order valence-corrected chi connectivity index (χ3v) is 4.42. The average Bonchev–Trinajstić information content (AvgIpc) is 2.98. The number of rotatable bonds is 9. The van der Waals surface area contributed by atoms with Crippen LogP contribution < -0.4 is 11.0 Å². The maximum Gasteiger partial charge on any atom is 0.351 e. The van der Waals surface area contributed by atoms with Gasteiger partial charge < -0.3 is 14.8 Å². The summed E-state index contributed by atoms with van der Waals surface area (Å²) in [5.74, 6) is 1.36. The van der Waals surface area contributed by atoms with E-state index < -0.39 is 0 Å². The smallest absolute Gasteiger partial charge is 0.351 e. The summed E-state index contributed by atoms with van der Waals surface area (Å²) in [6, 6.07) is 1.82. The number of hydrogen-bond acceptors (Lipinski definition) is 6. The molecule has 7 heteroatoms. The van der Waals surface area contributed by atoms with Crippen LogP contribution in [0.4, 0.5) is 5.82 Å². The Bertz CT molecular complexity index is 509. The fraction of sp³-hybridized carbons (Fsp3) is 0.733. The van der Waals surface area contributed by atoms with Gasteiger partial charge in [-0.3, -0.25) is 4.57 Å². The summed E-state index contributed by atoms with van der Waals surface area (Å²) < 4.78 is 13.0. The Morgan fingerprint density at radius 2 is 2.36 bits per heavy atom. The Labute approximate surface area is 135 Å². The van der Waals surface area contributed by atoms with Crippen LogP contribution in [0.15, 0.2) is 17.1 Å². The van der Waals surface area contributed by atoms with E-state index in [4.69, 9.17) is 9.47 Å². The Morgan fingerprint density at radius 3 is 3.09 bits per heavy atom. The maximum absolute atomic E-state index is 12.1. The lowest BCUT2D eigenvalue weighted by Gasteiger charge is -2.15. The molecule has 1 fully saturated rings. The molecular weight excluding hydrogens is 302 g/mol. The van der Waals surface area contributed by atoms with Crippen LogP contribution in [0, 0.1) is 0 Å². The van der Waals surface area contributed by atoms with Crippen molar-refractivity contribution < 1.29 is 9.47 Å². The van der Waals surface area contributed by atoms with Crippen molar-refractivity contribution in [3.05, 3.63) is 22.7 Å². The van der Waals surface area contributed by atoms with Crippen molar-refractivity contribution in [2.24, 2.45) is 0 Å².